The van der Waals surface area contributed by atoms with Gasteiger partial charge in [-0.25, -0.2) is 0 Å². The number of rotatable bonds is 6. The molecule has 3 nitrogen and oxygen atoms in total. The maximum atomic E-state index is 4.58. The number of hydrogen-bond donors (Lipinski definition) is 1. The fourth-order valence-corrected chi connectivity index (χ4v) is 3.18. The predicted molar refractivity (Wildman–Crippen MR) is 75.6 cm³/mol. The summed E-state index contributed by atoms with van der Waals surface area (Å²) in [5, 5.41) is 8.23. The van der Waals surface area contributed by atoms with Crippen molar-refractivity contribution in [2.24, 2.45) is 13.0 Å². The van der Waals surface area contributed by atoms with Crippen LogP contribution in [-0.2, 0) is 13.5 Å². The third kappa shape index (κ3) is 3.14. The van der Waals surface area contributed by atoms with E-state index in [1.807, 2.05) is 0 Å². The number of aryl methyl sites for hydroxylation is 2. The minimum atomic E-state index is 0.482. The standard InChI is InChI=1S/C15H27N3/c1-4-13-11-15(18(3)17-13)14(16-5-2)10-12-8-6-7-9-12/h11-12,14,16H,4-10H2,1-3H3. The highest BCUT2D eigenvalue weighted by Crippen LogP contribution is 2.33. The molecule has 1 N–H and O–H groups in total. The Bertz CT molecular complexity index is 364. The van der Waals surface area contributed by atoms with Gasteiger partial charge in [-0.1, -0.05) is 39.5 Å². The maximum absolute atomic E-state index is 4.58. The topological polar surface area (TPSA) is 29.9 Å². The van der Waals surface area contributed by atoms with Gasteiger partial charge in [0, 0.05) is 13.1 Å². The van der Waals surface area contributed by atoms with E-state index < -0.39 is 0 Å². The summed E-state index contributed by atoms with van der Waals surface area (Å²) in [6.07, 6.45) is 7.98. The van der Waals surface area contributed by atoms with E-state index in [1.54, 1.807) is 0 Å². The van der Waals surface area contributed by atoms with Crippen LogP contribution in [0.3, 0.4) is 0 Å². The largest absolute Gasteiger partial charge is 0.309 e. The average Bonchev–Trinajstić information content (AvgIpc) is 2.98. The van der Waals surface area contributed by atoms with E-state index in [0.29, 0.717) is 6.04 Å². The van der Waals surface area contributed by atoms with E-state index >= 15 is 0 Å². The molecule has 1 aromatic heterocycles. The molecule has 0 saturated heterocycles. The van der Waals surface area contributed by atoms with Gasteiger partial charge in [-0.3, -0.25) is 4.68 Å². The molecule has 1 atom stereocenters. The fraction of sp³-hybridized carbons (Fsp3) is 0.800. The number of aromatic nitrogens is 2. The molecule has 18 heavy (non-hydrogen) atoms. The van der Waals surface area contributed by atoms with E-state index in [9.17, 15) is 0 Å². The van der Waals surface area contributed by atoms with Crippen LogP contribution in [0.1, 0.15) is 63.4 Å². The summed E-state index contributed by atoms with van der Waals surface area (Å²) < 4.78 is 2.07. The van der Waals surface area contributed by atoms with Gasteiger partial charge in [0.05, 0.1) is 11.4 Å². The minimum absolute atomic E-state index is 0.482. The molecule has 0 radical (unpaired) electrons. The van der Waals surface area contributed by atoms with Gasteiger partial charge in [-0.15, -0.1) is 0 Å². The molecule has 1 aliphatic carbocycles. The summed E-state index contributed by atoms with van der Waals surface area (Å²) >= 11 is 0. The monoisotopic (exact) mass is 249 g/mol. The van der Waals surface area contributed by atoms with Crippen LogP contribution in [0, 0.1) is 5.92 Å². The summed E-state index contributed by atoms with van der Waals surface area (Å²) in [6, 6.07) is 2.76. The van der Waals surface area contributed by atoms with E-state index in [1.165, 1.54) is 43.5 Å². The Hall–Kier alpha value is -0.830. The Morgan fingerprint density at radius 1 is 1.39 bits per heavy atom. The Morgan fingerprint density at radius 2 is 2.11 bits per heavy atom. The first-order valence-electron chi connectivity index (χ1n) is 7.50. The highest BCUT2D eigenvalue weighted by atomic mass is 15.3. The summed E-state index contributed by atoms with van der Waals surface area (Å²) in [4.78, 5) is 0. The molecular formula is C15H27N3. The molecule has 1 unspecified atom stereocenters. The number of nitrogens with one attached hydrogen (secondary N) is 1. The van der Waals surface area contributed by atoms with Gasteiger partial charge in [-0.2, -0.15) is 5.10 Å². The molecule has 3 heteroatoms. The van der Waals surface area contributed by atoms with Crippen molar-refractivity contribution in [1.82, 2.24) is 15.1 Å². The van der Waals surface area contributed by atoms with Crippen molar-refractivity contribution in [3.8, 4) is 0 Å². The molecule has 2 rings (SSSR count). The zero-order valence-corrected chi connectivity index (χ0v) is 12.1. The first kappa shape index (κ1) is 13.6. The van der Waals surface area contributed by atoms with Crippen LogP contribution in [0.4, 0.5) is 0 Å². The Kier molecular flexibility index (Phi) is 4.81. The lowest BCUT2D eigenvalue weighted by atomic mass is 9.96. The second kappa shape index (κ2) is 6.37. The van der Waals surface area contributed by atoms with E-state index in [2.05, 4.69) is 42.1 Å². The predicted octanol–water partition coefficient (Wildman–Crippen LogP) is 3.21. The Balaban J connectivity index is 2.09. The van der Waals surface area contributed by atoms with E-state index in [-0.39, 0.29) is 0 Å². The SMILES string of the molecule is CCNC(CC1CCCC1)c1cc(CC)nn1C. The molecule has 0 aromatic carbocycles. The molecule has 1 aromatic rings. The zero-order valence-electron chi connectivity index (χ0n) is 12.1. The van der Waals surface area contributed by atoms with Crippen molar-refractivity contribution in [2.45, 2.75) is 58.4 Å². The maximum Gasteiger partial charge on any atom is 0.0625 e. The zero-order chi connectivity index (χ0) is 13.0. The van der Waals surface area contributed by atoms with Gasteiger partial charge in [0.2, 0.25) is 0 Å². The van der Waals surface area contributed by atoms with Gasteiger partial charge in [0.1, 0.15) is 0 Å². The van der Waals surface area contributed by atoms with Gasteiger partial charge < -0.3 is 5.32 Å². The highest BCUT2D eigenvalue weighted by Gasteiger charge is 2.23. The highest BCUT2D eigenvalue weighted by molar-refractivity contribution is 5.14. The molecule has 0 spiro atoms. The molecule has 102 valence electrons. The lowest BCUT2D eigenvalue weighted by Crippen LogP contribution is -2.25. The number of hydrogen-bond acceptors (Lipinski definition) is 2. The van der Waals surface area contributed by atoms with Crippen LogP contribution >= 0.6 is 0 Å². The second-order valence-corrected chi connectivity index (χ2v) is 5.53. The van der Waals surface area contributed by atoms with Crippen LogP contribution in [-0.4, -0.2) is 16.3 Å². The molecule has 1 aliphatic rings. The lowest BCUT2D eigenvalue weighted by Gasteiger charge is -2.21. The summed E-state index contributed by atoms with van der Waals surface area (Å²) in [5.41, 5.74) is 2.57. The first-order chi connectivity index (χ1) is 8.74. The average molecular weight is 249 g/mol. The lowest BCUT2D eigenvalue weighted by molar-refractivity contribution is 0.385. The molecular weight excluding hydrogens is 222 g/mol. The number of nitrogens with zero attached hydrogens (tertiary/aromatic N) is 2. The normalized spacial score (nSPS) is 18.4. The molecule has 1 heterocycles. The molecule has 1 fully saturated rings. The van der Waals surface area contributed by atoms with Crippen molar-refractivity contribution in [1.29, 1.82) is 0 Å². The third-order valence-corrected chi connectivity index (χ3v) is 4.18. The third-order valence-electron chi connectivity index (χ3n) is 4.18. The fourth-order valence-electron chi connectivity index (χ4n) is 3.18. The Labute approximate surface area is 111 Å². The first-order valence-corrected chi connectivity index (χ1v) is 7.50. The smallest absolute Gasteiger partial charge is 0.0625 e. The van der Waals surface area contributed by atoms with Gasteiger partial charge >= 0.3 is 0 Å². The Morgan fingerprint density at radius 3 is 2.67 bits per heavy atom. The van der Waals surface area contributed by atoms with Crippen molar-refractivity contribution < 1.29 is 0 Å². The second-order valence-electron chi connectivity index (χ2n) is 5.53. The van der Waals surface area contributed by atoms with Gasteiger partial charge in [-0.05, 0) is 31.4 Å². The molecule has 0 bridgehead atoms. The summed E-state index contributed by atoms with van der Waals surface area (Å²) in [6.45, 7) is 5.40. The van der Waals surface area contributed by atoms with Crippen LogP contribution in [0.5, 0.6) is 0 Å². The van der Waals surface area contributed by atoms with Crippen molar-refractivity contribution in [3.05, 3.63) is 17.5 Å². The quantitative estimate of drug-likeness (QED) is 0.839. The van der Waals surface area contributed by atoms with Gasteiger partial charge in [0.25, 0.3) is 0 Å². The van der Waals surface area contributed by atoms with E-state index in [0.717, 1.165) is 18.9 Å². The van der Waals surface area contributed by atoms with Crippen LogP contribution < -0.4 is 5.32 Å². The summed E-state index contributed by atoms with van der Waals surface area (Å²) in [7, 11) is 2.08. The van der Waals surface area contributed by atoms with Crippen LogP contribution in [0.25, 0.3) is 0 Å². The van der Waals surface area contributed by atoms with Crippen LogP contribution in [0.15, 0.2) is 6.07 Å². The van der Waals surface area contributed by atoms with E-state index in [4.69, 9.17) is 0 Å². The van der Waals surface area contributed by atoms with Crippen molar-refractivity contribution in [3.63, 3.8) is 0 Å². The van der Waals surface area contributed by atoms with Crippen molar-refractivity contribution in [2.75, 3.05) is 6.54 Å². The van der Waals surface area contributed by atoms with Crippen molar-refractivity contribution >= 4 is 0 Å². The minimum Gasteiger partial charge on any atom is -0.309 e. The molecule has 1 saturated carbocycles. The van der Waals surface area contributed by atoms with Gasteiger partial charge in [0.15, 0.2) is 0 Å². The van der Waals surface area contributed by atoms with Crippen LogP contribution in [0.2, 0.25) is 0 Å². The molecule has 0 aliphatic heterocycles. The summed E-state index contributed by atoms with van der Waals surface area (Å²) in [5.74, 6) is 0.911. The molecule has 0 amide bonds.